The van der Waals surface area contributed by atoms with Crippen molar-refractivity contribution in [3.63, 3.8) is 0 Å². The zero-order chi connectivity index (χ0) is 13.5. The predicted molar refractivity (Wildman–Crippen MR) is 81.3 cm³/mol. The molecule has 0 radical (unpaired) electrons. The van der Waals surface area contributed by atoms with Crippen LogP contribution in [-0.4, -0.2) is 35.6 Å². The Bertz CT molecular complexity index is 302. The van der Waals surface area contributed by atoms with E-state index in [0.29, 0.717) is 11.6 Å². The number of piperazine rings is 1. The van der Waals surface area contributed by atoms with Gasteiger partial charge in [0.25, 0.3) is 0 Å². The highest BCUT2D eigenvalue weighted by Crippen LogP contribution is 2.44. The van der Waals surface area contributed by atoms with Crippen LogP contribution in [0.4, 0.5) is 0 Å². The summed E-state index contributed by atoms with van der Waals surface area (Å²) in [6.45, 7) is 9.87. The molecule has 3 fully saturated rings. The van der Waals surface area contributed by atoms with Gasteiger partial charge in [-0.1, -0.05) is 19.3 Å². The van der Waals surface area contributed by atoms with Crippen LogP contribution in [-0.2, 0) is 0 Å². The van der Waals surface area contributed by atoms with Crippen molar-refractivity contribution in [2.75, 3.05) is 13.1 Å². The molecular weight excluding hydrogens is 232 g/mol. The summed E-state index contributed by atoms with van der Waals surface area (Å²) in [5.74, 6) is 1.90. The lowest BCUT2D eigenvalue weighted by Gasteiger charge is -2.50. The highest BCUT2D eigenvalue weighted by molar-refractivity contribution is 5.01. The van der Waals surface area contributed by atoms with Crippen molar-refractivity contribution in [3.05, 3.63) is 0 Å². The summed E-state index contributed by atoms with van der Waals surface area (Å²) < 4.78 is 0. The first-order chi connectivity index (χ1) is 9.09. The molecule has 2 unspecified atom stereocenters. The fraction of sp³-hybridized carbons (Fsp3) is 1.00. The molecule has 0 aromatic carbocycles. The monoisotopic (exact) mass is 264 g/mol. The van der Waals surface area contributed by atoms with E-state index in [0.717, 1.165) is 17.9 Å². The van der Waals surface area contributed by atoms with E-state index in [1.165, 1.54) is 58.0 Å². The molecule has 0 aromatic heterocycles. The van der Waals surface area contributed by atoms with Crippen LogP contribution < -0.4 is 5.32 Å². The van der Waals surface area contributed by atoms with Gasteiger partial charge in [-0.3, -0.25) is 4.90 Å². The Morgan fingerprint density at radius 1 is 1.00 bits per heavy atom. The molecule has 2 saturated carbocycles. The first kappa shape index (κ1) is 13.9. The lowest BCUT2D eigenvalue weighted by molar-refractivity contribution is 0.00982. The molecule has 110 valence electrons. The van der Waals surface area contributed by atoms with Gasteiger partial charge < -0.3 is 5.32 Å². The maximum Gasteiger partial charge on any atom is 0.0224 e. The molecule has 2 nitrogen and oxygen atoms in total. The number of hydrogen-bond donors (Lipinski definition) is 1. The van der Waals surface area contributed by atoms with E-state index in [-0.39, 0.29) is 0 Å². The molecule has 3 aliphatic rings. The van der Waals surface area contributed by atoms with Crippen molar-refractivity contribution in [1.29, 1.82) is 0 Å². The normalized spacial score (nSPS) is 35.5. The fourth-order valence-corrected chi connectivity index (χ4v) is 4.57. The van der Waals surface area contributed by atoms with Crippen LogP contribution in [0.25, 0.3) is 0 Å². The summed E-state index contributed by atoms with van der Waals surface area (Å²) in [6.07, 6.45) is 10.2. The molecule has 0 spiro atoms. The molecule has 2 aliphatic carbocycles. The Kier molecular flexibility index (Phi) is 3.92. The van der Waals surface area contributed by atoms with E-state index in [9.17, 15) is 0 Å². The van der Waals surface area contributed by atoms with Crippen LogP contribution in [0.15, 0.2) is 0 Å². The molecule has 1 aliphatic heterocycles. The minimum absolute atomic E-state index is 0.425. The van der Waals surface area contributed by atoms with Gasteiger partial charge in [-0.05, 0) is 58.3 Å². The summed E-state index contributed by atoms with van der Waals surface area (Å²) in [6, 6.07) is 1.46. The van der Waals surface area contributed by atoms with Gasteiger partial charge in [0, 0.05) is 30.7 Å². The fourth-order valence-electron chi connectivity index (χ4n) is 4.57. The van der Waals surface area contributed by atoms with Crippen LogP contribution in [0.5, 0.6) is 0 Å². The Morgan fingerprint density at radius 3 is 2.32 bits per heavy atom. The largest absolute Gasteiger partial charge is 0.311 e. The number of hydrogen-bond acceptors (Lipinski definition) is 2. The van der Waals surface area contributed by atoms with Crippen molar-refractivity contribution in [2.24, 2.45) is 11.8 Å². The van der Waals surface area contributed by atoms with Crippen LogP contribution in [0.1, 0.15) is 65.7 Å². The molecule has 0 bridgehead atoms. The number of rotatable bonds is 3. The summed E-state index contributed by atoms with van der Waals surface area (Å²) in [7, 11) is 0. The molecular formula is C17H32N2. The van der Waals surface area contributed by atoms with E-state index in [1.807, 2.05) is 0 Å². The Balaban J connectivity index is 1.66. The Morgan fingerprint density at radius 2 is 1.68 bits per heavy atom. The summed E-state index contributed by atoms with van der Waals surface area (Å²) in [4.78, 5) is 2.83. The number of nitrogens with one attached hydrogen (secondary N) is 1. The zero-order valence-corrected chi connectivity index (χ0v) is 13.1. The van der Waals surface area contributed by atoms with E-state index in [4.69, 9.17) is 0 Å². The predicted octanol–water partition coefficient (Wildman–Crippen LogP) is 3.42. The van der Waals surface area contributed by atoms with Crippen molar-refractivity contribution in [1.82, 2.24) is 10.2 Å². The molecule has 1 N–H and O–H groups in total. The third-order valence-corrected chi connectivity index (χ3v) is 6.14. The van der Waals surface area contributed by atoms with Crippen LogP contribution in [0, 0.1) is 11.8 Å². The Labute approximate surface area is 119 Å². The van der Waals surface area contributed by atoms with E-state index >= 15 is 0 Å². The van der Waals surface area contributed by atoms with E-state index < -0.39 is 0 Å². The first-order valence-corrected chi connectivity index (χ1v) is 8.59. The first-order valence-electron chi connectivity index (χ1n) is 8.59. The van der Waals surface area contributed by atoms with Gasteiger partial charge in [0.2, 0.25) is 0 Å². The van der Waals surface area contributed by atoms with E-state index in [1.54, 1.807) is 0 Å². The molecule has 3 rings (SSSR count). The highest BCUT2D eigenvalue weighted by Gasteiger charge is 2.46. The number of nitrogens with zero attached hydrogens (tertiary/aromatic N) is 1. The van der Waals surface area contributed by atoms with E-state index in [2.05, 4.69) is 31.0 Å². The van der Waals surface area contributed by atoms with Gasteiger partial charge in [0.15, 0.2) is 0 Å². The van der Waals surface area contributed by atoms with Crippen molar-refractivity contribution in [3.8, 4) is 0 Å². The minimum Gasteiger partial charge on any atom is -0.311 e. The average molecular weight is 264 g/mol. The maximum atomic E-state index is 3.86. The SMILES string of the molecule is CC1CNC(C2CCCCC2)CN1C(C)(C)C1CC1. The summed E-state index contributed by atoms with van der Waals surface area (Å²) >= 11 is 0. The highest BCUT2D eigenvalue weighted by atomic mass is 15.3. The maximum absolute atomic E-state index is 3.86. The molecule has 0 aromatic rings. The van der Waals surface area contributed by atoms with Crippen molar-refractivity contribution >= 4 is 0 Å². The third kappa shape index (κ3) is 2.85. The standard InChI is InChI=1S/C17H32N2/c1-13-11-18-16(14-7-5-4-6-8-14)12-19(13)17(2,3)15-9-10-15/h13-16,18H,4-12H2,1-3H3. The van der Waals surface area contributed by atoms with Crippen LogP contribution >= 0.6 is 0 Å². The molecule has 2 heteroatoms. The van der Waals surface area contributed by atoms with Crippen molar-refractivity contribution < 1.29 is 0 Å². The van der Waals surface area contributed by atoms with Gasteiger partial charge in [0.05, 0.1) is 0 Å². The lowest BCUT2D eigenvalue weighted by Crippen LogP contribution is -2.64. The quantitative estimate of drug-likeness (QED) is 0.840. The second-order valence-electron chi connectivity index (χ2n) is 7.84. The molecule has 1 heterocycles. The van der Waals surface area contributed by atoms with Gasteiger partial charge in [-0.15, -0.1) is 0 Å². The van der Waals surface area contributed by atoms with Gasteiger partial charge in [-0.2, -0.15) is 0 Å². The lowest BCUT2D eigenvalue weighted by atomic mass is 9.81. The molecule has 19 heavy (non-hydrogen) atoms. The van der Waals surface area contributed by atoms with Gasteiger partial charge in [-0.25, -0.2) is 0 Å². The average Bonchev–Trinajstić information content (AvgIpc) is 3.25. The van der Waals surface area contributed by atoms with Crippen LogP contribution in [0.3, 0.4) is 0 Å². The smallest absolute Gasteiger partial charge is 0.0224 e. The summed E-state index contributed by atoms with van der Waals surface area (Å²) in [5.41, 5.74) is 0.425. The van der Waals surface area contributed by atoms with Crippen LogP contribution in [0.2, 0.25) is 0 Å². The second-order valence-corrected chi connectivity index (χ2v) is 7.84. The third-order valence-electron chi connectivity index (χ3n) is 6.14. The topological polar surface area (TPSA) is 15.3 Å². The second kappa shape index (κ2) is 5.37. The minimum atomic E-state index is 0.425. The zero-order valence-electron chi connectivity index (χ0n) is 13.1. The van der Waals surface area contributed by atoms with Gasteiger partial charge in [0.1, 0.15) is 0 Å². The molecule has 2 atom stereocenters. The molecule has 1 saturated heterocycles. The molecule has 0 amide bonds. The van der Waals surface area contributed by atoms with Crippen molar-refractivity contribution in [2.45, 2.75) is 83.3 Å². The summed E-state index contributed by atoms with van der Waals surface area (Å²) in [5, 5.41) is 3.86. The van der Waals surface area contributed by atoms with Gasteiger partial charge >= 0.3 is 0 Å². The Hall–Kier alpha value is -0.0800.